The van der Waals surface area contributed by atoms with E-state index >= 15 is 0 Å². The normalized spacial score (nSPS) is 15.8. The monoisotopic (exact) mass is 251 g/mol. The first-order chi connectivity index (χ1) is 8.56. The minimum Gasteiger partial charge on any atom is -0.382 e. The molecule has 2 unspecified atom stereocenters. The molecule has 5 nitrogen and oxygen atoms in total. The Hall–Kier alpha value is -1.46. The standard InChI is InChI=1S/C13H21N3O2/c1-3-4-11(14)12(17)13(18)16-9(2)10-5-7-15-8-6-10/h5-9,11-12,17H,3-4,14H2,1-2H3,(H,16,18)/t9-,11?,12?/m0/s1. The van der Waals surface area contributed by atoms with Gasteiger partial charge in [-0.2, -0.15) is 0 Å². The van der Waals surface area contributed by atoms with Gasteiger partial charge in [-0.1, -0.05) is 13.3 Å². The highest BCUT2D eigenvalue weighted by molar-refractivity contribution is 5.81. The molecular weight excluding hydrogens is 230 g/mol. The molecule has 0 fully saturated rings. The molecule has 1 aromatic rings. The van der Waals surface area contributed by atoms with Crippen LogP contribution in [-0.2, 0) is 4.79 Å². The van der Waals surface area contributed by atoms with E-state index in [1.807, 2.05) is 26.0 Å². The Labute approximate surface area is 107 Å². The summed E-state index contributed by atoms with van der Waals surface area (Å²) in [6, 6.07) is 2.95. The number of nitrogens with one attached hydrogen (secondary N) is 1. The van der Waals surface area contributed by atoms with Gasteiger partial charge in [-0.3, -0.25) is 9.78 Å². The summed E-state index contributed by atoms with van der Waals surface area (Å²) < 4.78 is 0. The summed E-state index contributed by atoms with van der Waals surface area (Å²) in [5, 5.41) is 12.5. The quantitative estimate of drug-likeness (QED) is 0.696. The summed E-state index contributed by atoms with van der Waals surface area (Å²) in [6.45, 7) is 3.81. The maximum absolute atomic E-state index is 11.8. The van der Waals surface area contributed by atoms with Crippen molar-refractivity contribution >= 4 is 5.91 Å². The van der Waals surface area contributed by atoms with Crippen molar-refractivity contribution < 1.29 is 9.90 Å². The third kappa shape index (κ3) is 4.09. The zero-order valence-corrected chi connectivity index (χ0v) is 10.8. The van der Waals surface area contributed by atoms with E-state index in [-0.39, 0.29) is 6.04 Å². The van der Waals surface area contributed by atoms with Crippen molar-refractivity contribution in [3.63, 3.8) is 0 Å². The Morgan fingerprint density at radius 3 is 2.67 bits per heavy atom. The molecule has 0 bridgehead atoms. The summed E-state index contributed by atoms with van der Waals surface area (Å²) in [7, 11) is 0. The lowest BCUT2D eigenvalue weighted by Gasteiger charge is -2.21. The van der Waals surface area contributed by atoms with Crippen LogP contribution in [0.1, 0.15) is 38.3 Å². The molecule has 0 aliphatic heterocycles. The minimum absolute atomic E-state index is 0.177. The Morgan fingerprint density at radius 2 is 2.11 bits per heavy atom. The number of aliphatic hydroxyl groups excluding tert-OH is 1. The second kappa shape index (κ2) is 7.08. The molecule has 0 aromatic carbocycles. The number of nitrogens with zero attached hydrogens (tertiary/aromatic N) is 1. The van der Waals surface area contributed by atoms with Gasteiger partial charge in [-0.15, -0.1) is 0 Å². The Kier molecular flexibility index (Phi) is 5.74. The van der Waals surface area contributed by atoms with E-state index < -0.39 is 18.1 Å². The fourth-order valence-electron chi connectivity index (χ4n) is 1.72. The maximum atomic E-state index is 11.8. The van der Waals surface area contributed by atoms with Gasteiger partial charge in [0.15, 0.2) is 0 Å². The van der Waals surface area contributed by atoms with Gasteiger partial charge < -0.3 is 16.2 Å². The van der Waals surface area contributed by atoms with Crippen LogP contribution in [0.5, 0.6) is 0 Å². The van der Waals surface area contributed by atoms with Crippen LogP contribution >= 0.6 is 0 Å². The van der Waals surface area contributed by atoms with E-state index in [1.165, 1.54) is 0 Å². The number of rotatable bonds is 6. The summed E-state index contributed by atoms with van der Waals surface area (Å²) in [5.41, 5.74) is 6.66. The van der Waals surface area contributed by atoms with Crippen molar-refractivity contribution in [3.05, 3.63) is 30.1 Å². The summed E-state index contributed by atoms with van der Waals surface area (Å²) >= 11 is 0. The smallest absolute Gasteiger partial charge is 0.250 e. The number of carbonyl (C=O) groups is 1. The molecule has 0 spiro atoms. The molecule has 1 rings (SSSR count). The van der Waals surface area contributed by atoms with Crippen LogP contribution in [0, 0.1) is 0 Å². The van der Waals surface area contributed by atoms with Crippen molar-refractivity contribution in [1.82, 2.24) is 10.3 Å². The lowest BCUT2D eigenvalue weighted by atomic mass is 10.1. The molecule has 5 heteroatoms. The summed E-state index contributed by atoms with van der Waals surface area (Å²) in [6.07, 6.45) is 3.63. The maximum Gasteiger partial charge on any atom is 0.250 e. The van der Waals surface area contributed by atoms with Crippen LogP contribution in [0.4, 0.5) is 0 Å². The number of hydrogen-bond acceptors (Lipinski definition) is 4. The third-order valence-electron chi connectivity index (χ3n) is 2.86. The highest BCUT2D eigenvalue weighted by Crippen LogP contribution is 2.11. The van der Waals surface area contributed by atoms with Gasteiger partial charge in [0.2, 0.25) is 0 Å². The SMILES string of the molecule is CCCC(N)C(O)C(=O)N[C@@H](C)c1ccncc1. The van der Waals surface area contributed by atoms with Gasteiger partial charge in [0.25, 0.3) is 5.91 Å². The summed E-state index contributed by atoms with van der Waals surface area (Å²) in [4.78, 5) is 15.7. The lowest BCUT2D eigenvalue weighted by Crippen LogP contribution is -2.46. The topological polar surface area (TPSA) is 88.2 Å². The van der Waals surface area contributed by atoms with Crippen molar-refractivity contribution in [2.24, 2.45) is 5.73 Å². The van der Waals surface area contributed by atoms with E-state index in [9.17, 15) is 9.90 Å². The largest absolute Gasteiger partial charge is 0.382 e. The molecule has 0 radical (unpaired) electrons. The van der Waals surface area contributed by atoms with Gasteiger partial charge in [-0.05, 0) is 31.0 Å². The van der Waals surface area contributed by atoms with Crippen LogP contribution in [0.15, 0.2) is 24.5 Å². The minimum atomic E-state index is -1.16. The predicted octanol–water partition coefficient (Wildman–Crippen LogP) is 0.747. The van der Waals surface area contributed by atoms with Gasteiger partial charge in [-0.25, -0.2) is 0 Å². The number of aliphatic hydroxyl groups is 1. The summed E-state index contributed by atoms with van der Waals surface area (Å²) in [5.74, 6) is -0.430. The Morgan fingerprint density at radius 1 is 1.50 bits per heavy atom. The van der Waals surface area contributed by atoms with Crippen LogP contribution in [-0.4, -0.2) is 28.1 Å². The molecule has 3 atom stereocenters. The first kappa shape index (κ1) is 14.6. The van der Waals surface area contributed by atoms with Crippen molar-refractivity contribution in [3.8, 4) is 0 Å². The second-order valence-electron chi connectivity index (χ2n) is 4.41. The molecule has 18 heavy (non-hydrogen) atoms. The number of pyridine rings is 1. The molecule has 0 aliphatic rings. The number of aromatic nitrogens is 1. The van der Waals surface area contributed by atoms with Crippen LogP contribution < -0.4 is 11.1 Å². The number of amides is 1. The van der Waals surface area contributed by atoms with E-state index in [0.717, 1.165) is 12.0 Å². The lowest BCUT2D eigenvalue weighted by molar-refractivity contribution is -0.131. The van der Waals surface area contributed by atoms with E-state index in [2.05, 4.69) is 10.3 Å². The first-order valence-electron chi connectivity index (χ1n) is 6.20. The molecule has 1 aromatic heterocycles. The molecule has 1 heterocycles. The average Bonchev–Trinajstić information content (AvgIpc) is 2.39. The number of carbonyl (C=O) groups excluding carboxylic acids is 1. The van der Waals surface area contributed by atoms with Crippen molar-refractivity contribution in [2.45, 2.75) is 44.9 Å². The molecule has 100 valence electrons. The van der Waals surface area contributed by atoms with Crippen molar-refractivity contribution in [1.29, 1.82) is 0 Å². The molecule has 0 saturated heterocycles. The molecule has 0 saturated carbocycles. The number of nitrogens with two attached hydrogens (primary N) is 1. The first-order valence-corrected chi connectivity index (χ1v) is 6.20. The molecule has 4 N–H and O–H groups in total. The van der Waals surface area contributed by atoms with E-state index in [1.54, 1.807) is 12.4 Å². The Balaban J connectivity index is 2.54. The highest BCUT2D eigenvalue weighted by Gasteiger charge is 2.23. The molecule has 1 amide bonds. The predicted molar refractivity (Wildman–Crippen MR) is 69.7 cm³/mol. The number of hydrogen-bond donors (Lipinski definition) is 3. The average molecular weight is 251 g/mol. The fraction of sp³-hybridized carbons (Fsp3) is 0.538. The van der Waals surface area contributed by atoms with Gasteiger partial charge in [0.1, 0.15) is 6.10 Å². The van der Waals surface area contributed by atoms with Crippen LogP contribution in [0.3, 0.4) is 0 Å². The van der Waals surface area contributed by atoms with Crippen LogP contribution in [0.25, 0.3) is 0 Å². The molecule has 0 aliphatic carbocycles. The molecular formula is C13H21N3O2. The van der Waals surface area contributed by atoms with Gasteiger partial charge >= 0.3 is 0 Å². The second-order valence-corrected chi connectivity index (χ2v) is 4.41. The highest BCUT2D eigenvalue weighted by atomic mass is 16.3. The van der Waals surface area contributed by atoms with Crippen molar-refractivity contribution in [2.75, 3.05) is 0 Å². The van der Waals surface area contributed by atoms with E-state index in [4.69, 9.17) is 5.73 Å². The third-order valence-corrected chi connectivity index (χ3v) is 2.86. The van der Waals surface area contributed by atoms with Gasteiger partial charge in [0.05, 0.1) is 6.04 Å². The van der Waals surface area contributed by atoms with Crippen LogP contribution in [0.2, 0.25) is 0 Å². The fourth-order valence-corrected chi connectivity index (χ4v) is 1.72. The van der Waals surface area contributed by atoms with Gasteiger partial charge in [0, 0.05) is 18.4 Å². The zero-order chi connectivity index (χ0) is 13.5. The van der Waals surface area contributed by atoms with E-state index in [0.29, 0.717) is 6.42 Å². The Bertz CT molecular complexity index is 370. The zero-order valence-electron chi connectivity index (χ0n) is 10.8.